The highest BCUT2D eigenvalue weighted by Crippen LogP contribution is 2.33. The smallest absolute Gasteiger partial charge is 0.276 e. The number of carbonyl (C=O) groups is 1. The van der Waals surface area contributed by atoms with Gasteiger partial charge in [-0.25, -0.2) is 13.8 Å². The Hall–Kier alpha value is -3.83. The maximum Gasteiger partial charge on any atom is 0.276 e. The average molecular weight is 499 g/mol. The van der Waals surface area contributed by atoms with Crippen molar-refractivity contribution in [1.29, 1.82) is 0 Å². The van der Waals surface area contributed by atoms with Crippen molar-refractivity contribution in [3.05, 3.63) is 60.1 Å². The average Bonchev–Trinajstić information content (AvgIpc) is 2.84. The molecule has 6 N–H and O–H groups in total. The fraction of sp³-hybridized carbons (Fsp3) is 0.320. The van der Waals surface area contributed by atoms with Crippen molar-refractivity contribution in [2.45, 2.75) is 38.5 Å². The Morgan fingerprint density at radius 2 is 2.03 bits per heavy atom. The molecule has 4 rings (SSSR count). The summed E-state index contributed by atoms with van der Waals surface area (Å²) in [5.41, 5.74) is 12.3. The monoisotopic (exact) mass is 498 g/mol. The molecule has 3 aromatic rings. The van der Waals surface area contributed by atoms with Gasteiger partial charge in [0.15, 0.2) is 17.3 Å². The fourth-order valence-electron chi connectivity index (χ4n) is 4.03. The van der Waals surface area contributed by atoms with Crippen LogP contribution in [0.3, 0.4) is 0 Å². The van der Waals surface area contributed by atoms with E-state index in [9.17, 15) is 14.3 Å². The van der Waals surface area contributed by atoms with E-state index in [0.717, 1.165) is 6.07 Å². The van der Waals surface area contributed by atoms with Crippen LogP contribution in [0.1, 0.15) is 30.8 Å². The molecule has 1 aromatic carbocycles. The third kappa shape index (κ3) is 5.21. The van der Waals surface area contributed by atoms with Crippen LogP contribution in [0.2, 0.25) is 0 Å². The molecule has 0 bridgehead atoms. The minimum absolute atomic E-state index is 0.0280. The molecule has 2 atom stereocenters. The van der Waals surface area contributed by atoms with Crippen molar-refractivity contribution < 1.29 is 23.4 Å². The van der Waals surface area contributed by atoms with Gasteiger partial charge in [-0.2, -0.15) is 0 Å². The van der Waals surface area contributed by atoms with Gasteiger partial charge >= 0.3 is 0 Å². The predicted molar refractivity (Wildman–Crippen MR) is 133 cm³/mol. The number of ether oxygens (including phenoxy) is 1. The van der Waals surface area contributed by atoms with E-state index in [1.54, 1.807) is 26.1 Å². The minimum Gasteiger partial charge on any atom is -0.488 e. The van der Waals surface area contributed by atoms with Crippen molar-refractivity contribution in [3.63, 3.8) is 0 Å². The molecule has 3 heterocycles. The van der Waals surface area contributed by atoms with E-state index < -0.39 is 35.3 Å². The van der Waals surface area contributed by atoms with Gasteiger partial charge in [-0.3, -0.25) is 9.78 Å². The summed E-state index contributed by atoms with van der Waals surface area (Å²) in [5, 5.41) is 12.7. The lowest BCUT2D eigenvalue weighted by atomic mass is 10.0. The first-order valence-corrected chi connectivity index (χ1v) is 11.5. The topological polar surface area (TPSA) is 140 Å². The number of hydrogen-bond acceptors (Lipinski definition) is 8. The number of pyridine rings is 2. The SMILES string of the molecule is CC(C)Oc1ccc(F)c(-c2ccc(N)c(C(=O)Nc3cnccc3N3CC[C@@H](O)[C@H](N)C3)n2)c1F. The van der Waals surface area contributed by atoms with E-state index in [1.807, 2.05) is 4.90 Å². The Bertz CT molecular complexity index is 1270. The number of nitrogen functional groups attached to an aromatic ring is 1. The van der Waals surface area contributed by atoms with E-state index in [2.05, 4.69) is 15.3 Å². The summed E-state index contributed by atoms with van der Waals surface area (Å²) in [7, 11) is 0. The highest BCUT2D eigenvalue weighted by molar-refractivity contribution is 6.08. The molecule has 2 aromatic heterocycles. The number of aliphatic hydroxyl groups is 1. The third-order valence-corrected chi connectivity index (χ3v) is 5.82. The summed E-state index contributed by atoms with van der Waals surface area (Å²) in [6.45, 7) is 4.36. The Morgan fingerprint density at radius 3 is 2.75 bits per heavy atom. The molecule has 0 saturated carbocycles. The number of hydrogen-bond donors (Lipinski definition) is 4. The zero-order valence-corrected chi connectivity index (χ0v) is 19.9. The van der Waals surface area contributed by atoms with Crippen LogP contribution in [0.4, 0.5) is 25.8 Å². The second-order valence-corrected chi connectivity index (χ2v) is 8.85. The molecule has 1 aliphatic heterocycles. The molecule has 1 amide bonds. The Labute approximate surface area is 207 Å². The molecule has 36 heavy (non-hydrogen) atoms. The van der Waals surface area contributed by atoms with Crippen LogP contribution in [0.5, 0.6) is 5.75 Å². The van der Waals surface area contributed by atoms with E-state index >= 15 is 4.39 Å². The summed E-state index contributed by atoms with van der Waals surface area (Å²) in [4.78, 5) is 23.4. The first kappa shape index (κ1) is 25.3. The molecular weight excluding hydrogens is 470 g/mol. The molecule has 9 nitrogen and oxygen atoms in total. The number of rotatable bonds is 6. The van der Waals surface area contributed by atoms with Crippen LogP contribution in [-0.2, 0) is 0 Å². The van der Waals surface area contributed by atoms with Crippen LogP contribution in [-0.4, -0.2) is 52.3 Å². The molecule has 190 valence electrons. The first-order valence-electron chi connectivity index (χ1n) is 11.5. The molecule has 11 heteroatoms. The number of piperidine rings is 1. The number of nitrogens with zero attached hydrogens (tertiary/aromatic N) is 3. The van der Waals surface area contributed by atoms with Crippen LogP contribution < -0.4 is 26.4 Å². The number of nitrogens with two attached hydrogens (primary N) is 2. The Balaban J connectivity index is 1.65. The molecule has 0 radical (unpaired) electrons. The Kier molecular flexibility index (Phi) is 7.32. The lowest BCUT2D eigenvalue weighted by Gasteiger charge is -2.36. The quantitative estimate of drug-likeness (QED) is 0.407. The van der Waals surface area contributed by atoms with Crippen molar-refractivity contribution >= 4 is 23.0 Å². The Morgan fingerprint density at radius 1 is 1.25 bits per heavy atom. The molecular formula is C25H28F2N6O3. The lowest BCUT2D eigenvalue weighted by molar-refractivity contribution is 0.102. The second kappa shape index (κ2) is 10.4. The van der Waals surface area contributed by atoms with E-state index in [0.29, 0.717) is 30.9 Å². The number of carbonyl (C=O) groups excluding carboxylic acids is 1. The van der Waals surface area contributed by atoms with Crippen molar-refractivity contribution in [1.82, 2.24) is 9.97 Å². The molecule has 1 fully saturated rings. The van der Waals surface area contributed by atoms with Gasteiger partial charge in [-0.05, 0) is 50.6 Å². The summed E-state index contributed by atoms with van der Waals surface area (Å²) in [6.07, 6.45) is 2.59. The van der Waals surface area contributed by atoms with Crippen molar-refractivity contribution in [2.75, 3.05) is 29.0 Å². The van der Waals surface area contributed by atoms with E-state index in [4.69, 9.17) is 16.2 Å². The predicted octanol–water partition coefficient (Wildman–Crippen LogP) is 2.94. The van der Waals surface area contributed by atoms with Gasteiger partial charge < -0.3 is 31.5 Å². The second-order valence-electron chi connectivity index (χ2n) is 8.85. The van der Waals surface area contributed by atoms with Crippen molar-refractivity contribution in [2.24, 2.45) is 5.73 Å². The van der Waals surface area contributed by atoms with E-state index in [-0.39, 0.29) is 28.9 Å². The highest BCUT2D eigenvalue weighted by atomic mass is 19.1. The summed E-state index contributed by atoms with van der Waals surface area (Å²) in [6, 6.07) is 6.26. The summed E-state index contributed by atoms with van der Waals surface area (Å²) >= 11 is 0. The van der Waals surface area contributed by atoms with Crippen LogP contribution >= 0.6 is 0 Å². The summed E-state index contributed by atoms with van der Waals surface area (Å²) in [5.74, 6) is -2.59. The molecule has 0 unspecified atom stereocenters. The van der Waals surface area contributed by atoms with Crippen LogP contribution in [0.25, 0.3) is 11.3 Å². The summed E-state index contributed by atoms with van der Waals surface area (Å²) < 4.78 is 35.2. The van der Waals surface area contributed by atoms with Crippen molar-refractivity contribution in [3.8, 4) is 17.0 Å². The largest absolute Gasteiger partial charge is 0.488 e. The normalized spacial score (nSPS) is 17.8. The molecule has 1 aliphatic rings. The van der Waals surface area contributed by atoms with Gasteiger partial charge in [0, 0.05) is 25.3 Å². The van der Waals surface area contributed by atoms with Gasteiger partial charge in [0.05, 0.1) is 46.7 Å². The standard InChI is InChI=1S/C25H28F2N6O3/c1-13(2)36-21-6-3-14(26)22(23(21)27)17-5-4-15(28)24(31-17)25(35)32-18-11-30-9-7-19(18)33-10-8-20(34)16(29)12-33/h3-7,9,11,13,16,20,34H,8,10,12,28-29H2,1-2H3,(H,32,35)/t16-,20-/m1/s1. The van der Waals surface area contributed by atoms with Gasteiger partial charge in [-0.15, -0.1) is 0 Å². The fourth-order valence-corrected chi connectivity index (χ4v) is 4.03. The number of anilines is 3. The highest BCUT2D eigenvalue weighted by Gasteiger charge is 2.27. The number of aliphatic hydroxyl groups excluding tert-OH is 1. The van der Waals surface area contributed by atoms with Gasteiger partial charge in [0.1, 0.15) is 5.82 Å². The number of nitrogens with one attached hydrogen (secondary N) is 1. The van der Waals surface area contributed by atoms with Gasteiger partial charge in [0.2, 0.25) is 0 Å². The zero-order valence-electron chi connectivity index (χ0n) is 19.9. The zero-order chi connectivity index (χ0) is 26.0. The number of amides is 1. The molecule has 0 aliphatic carbocycles. The molecule has 0 spiro atoms. The molecule has 1 saturated heterocycles. The lowest BCUT2D eigenvalue weighted by Crippen LogP contribution is -2.51. The van der Waals surface area contributed by atoms with Gasteiger partial charge in [0.25, 0.3) is 5.91 Å². The number of aromatic nitrogens is 2. The number of benzene rings is 1. The maximum atomic E-state index is 15.1. The number of halogens is 2. The third-order valence-electron chi connectivity index (χ3n) is 5.82. The minimum atomic E-state index is -0.925. The first-order chi connectivity index (χ1) is 17.2. The van der Waals surface area contributed by atoms with Crippen LogP contribution in [0, 0.1) is 11.6 Å². The van der Waals surface area contributed by atoms with Crippen LogP contribution in [0.15, 0.2) is 42.7 Å². The van der Waals surface area contributed by atoms with E-state index in [1.165, 1.54) is 24.4 Å². The maximum absolute atomic E-state index is 15.1. The van der Waals surface area contributed by atoms with Gasteiger partial charge in [-0.1, -0.05) is 0 Å².